The quantitative estimate of drug-likeness (QED) is 0.868. The van der Waals surface area contributed by atoms with Crippen LogP contribution in [0.25, 0.3) is 0 Å². The number of aliphatic carboxylic acids is 1. The molecule has 0 aliphatic heterocycles. The van der Waals surface area contributed by atoms with Crippen molar-refractivity contribution in [1.29, 1.82) is 0 Å². The molecule has 0 unspecified atom stereocenters. The van der Waals surface area contributed by atoms with Crippen LogP contribution in [0.2, 0.25) is 5.02 Å². The third-order valence-electron chi connectivity index (χ3n) is 1.96. The molecule has 0 aliphatic rings. The molecule has 1 aromatic carbocycles. The summed E-state index contributed by atoms with van der Waals surface area (Å²) in [4.78, 5) is 10.4. The van der Waals surface area contributed by atoms with Crippen LogP contribution in [0.5, 0.6) is 5.75 Å². The van der Waals surface area contributed by atoms with Gasteiger partial charge in [0, 0.05) is 12.0 Å². The predicted molar refractivity (Wildman–Crippen MR) is 53.9 cm³/mol. The first-order valence-corrected chi connectivity index (χ1v) is 4.66. The Labute approximate surface area is 91.4 Å². The van der Waals surface area contributed by atoms with Crippen molar-refractivity contribution in [3.63, 3.8) is 0 Å². The predicted octanol–water partition coefficient (Wildman–Crippen LogP) is 2.50. The molecule has 0 atom stereocenters. The topological polar surface area (TPSA) is 46.5 Å². The highest BCUT2D eigenvalue weighted by molar-refractivity contribution is 6.30. The van der Waals surface area contributed by atoms with Gasteiger partial charge in [0.2, 0.25) is 0 Å². The van der Waals surface area contributed by atoms with E-state index in [0.29, 0.717) is 5.75 Å². The number of carboxylic acid groups (broad SMARTS) is 1. The highest BCUT2D eigenvalue weighted by atomic mass is 35.5. The van der Waals surface area contributed by atoms with E-state index >= 15 is 0 Å². The summed E-state index contributed by atoms with van der Waals surface area (Å²) < 4.78 is 18.4. The second-order valence-electron chi connectivity index (χ2n) is 2.94. The van der Waals surface area contributed by atoms with Gasteiger partial charge in [-0.2, -0.15) is 0 Å². The summed E-state index contributed by atoms with van der Waals surface area (Å²) in [7, 11) is 1.40. The van der Waals surface area contributed by atoms with Gasteiger partial charge in [-0.25, -0.2) is 4.39 Å². The Balaban J connectivity index is 3.01. The van der Waals surface area contributed by atoms with Gasteiger partial charge in [-0.15, -0.1) is 0 Å². The molecule has 3 nitrogen and oxygen atoms in total. The van der Waals surface area contributed by atoms with Gasteiger partial charge < -0.3 is 9.84 Å². The molecule has 0 aliphatic carbocycles. The zero-order valence-electron chi connectivity index (χ0n) is 8.09. The Morgan fingerprint density at radius 3 is 2.80 bits per heavy atom. The number of ether oxygens (including phenoxy) is 1. The van der Waals surface area contributed by atoms with Crippen LogP contribution in [0.1, 0.15) is 12.0 Å². The normalized spacial score (nSPS) is 10.1. The lowest BCUT2D eigenvalue weighted by Gasteiger charge is -2.09. The summed E-state index contributed by atoms with van der Waals surface area (Å²) in [5.74, 6) is -1.29. The molecule has 1 aromatic rings. The number of halogens is 2. The molecular weight excluding hydrogens is 223 g/mol. The van der Waals surface area contributed by atoms with Crippen molar-refractivity contribution in [3.8, 4) is 5.75 Å². The summed E-state index contributed by atoms with van der Waals surface area (Å²) in [5.41, 5.74) is 0.201. The maximum Gasteiger partial charge on any atom is 0.303 e. The highest BCUT2D eigenvalue weighted by Gasteiger charge is 2.13. The Morgan fingerprint density at radius 2 is 2.27 bits per heavy atom. The van der Waals surface area contributed by atoms with Crippen molar-refractivity contribution in [2.45, 2.75) is 12.8 Å². The van der Waals surface area contributed by atoms with Crippen molar-refractivity contribution in [1.82, 2.24) is 0 Å². The molecule has 0 amide bonds. The van der Waals surface area contributed by atoms with Crippen LogP contribution in [0.15, 0.2) is 12.1 Å². The average molecular weight is 233 g/mol. The van der Waals surface area contributed by atoms with Crippen molar-refractivity contribution < 1.29 is 19.0 Å². The van der Waals surface area contributed by atoms with Crippen molar-refractivity contribution >= 4 is 17.6 Å². The summed E-state index contributed by atoms with van der Waals surface area (Å²) in [6.45, 7) is 0. The lowest BCUT2D eigenvalue weighted by molar-refractivity contribution is -0.136. The number of carboxylic acids is 1. The van der Waals surface area contributed by atoms with E-state index in [1.54, 1.807) is 0 Å². The van der Waals surface area contributed by atoms with E-state index in [-0.39, 0.29) is 23.4 Å². The maximum absolute atomic E-state index is 13.5. The Bertz CT molecular complexity index is 379. The number of hydrogen-bond acceptors (Lipinski definition) is 2. The third-order valence-corrected chi connectivity index (χ3v) is 2.25. The molecular formula is C10H10ClFO3. The first-order valence-electron chi connectivity index (χ1n) is 4.29. The van der Waals surface area contributed by atoms with Gasteiger partial charge >= 0.3 is 5.97 Å². The summed E-state index contributed by atoms with van der Waals surface area (Å²) in [6.07, 6.45) is -0.0987. The van der Waals surface area contributed by atoms with Crippen LogP contribution in [0.3, 0.4) is 0 Å². The van der Waals surface area contributed by atoms with Crippen LogP contribution >= 0.6 is 11.6 Å². The molecule has 0 spiro atoms. The molecule has 0 fully saturated rings. The number of carbonyl (C=O) groups is 1. The van der Waals surface area contributed by atoms with Gasteiger partial charge in [-0.05, 0) is 18.6 Å². The fourth-order valence-electron chi connectivity index (χ4n) is 1.23. The average Bonchev–Trinajstić information content (AvgIpc) is 2.20. The van der Waals surface area contributed by atoms with E-state index in [1.807, 2.05) is 0 Å². The summed E-state index contributed by atoms with van der Waals surface area (Å²) in [5, 5.41) is 8.47. The Kier molecular flexibility index (Phi) is 3.91. The van der Waals surface area contributed by atoms with Gasteiger partial charge in [0.05, 0.1) is 12.1 Å². The van der Waals surface area contributed by atoms with Gasteiger partial charge in [-0.3, -0.25) is 4.79 Å². The van der Waals surface area contributed by atoms with Gasteiger partial charge in [-0.1, -0.05) is 11.6 Å². The molecule has 1 N–H and O–H groups in total. The zero-order chi connectivity index (χ0) is 11.4. The fraction of sp³-hybridized carbons (Fsp3) is 0.300. The van der Waals surface area contributed by atoms with E-state index in [9.17, 15) is 9.18 Å². The van der Waals surface area contributed by atoms with E-state index in [2.05, 4.69) is 0 Å². The lowest BCUT2D eigenvalue weighted by atomic mass is 10.1. The number of benzene rings is 1. The molecule has 15 heavy (non-hydrogen) atoms. The molecule has 0 saturated carbocycles. The summed E-state index contributed by atoms with van der Waals surface area (Å²) in [6, 6.07) is 2.89. The standard InChI is InChI=1S/C10H10ClFO3/c1-15-8-4-3-7(11)10(12)6(8)2-5-9(13)14/h3-4H,2,5H2,1H3,(H,13,14). The lowest BCUT2D eigenvalue weighted by Crippen LogP contribution is -2.02. The SMILES string of the molecule is COc1ccc(Cl)c(F)c1CCC(=O)O. The molecule has 0 radical (unpaired) electrons. The largest absolute Gasteiger partial charge is 0.496 e. The van der Waals surface area contributed by atoms with Crippen molar-refractivity contribution in [2.24, 2.45) is 0 Å². The smallest absolute Gasteiger partial charge is 0.303 e. The third kappa shape index (κ3) is 2.83. The van der Waals surface area contributed by atoms with E-state index in [4.69, 9.17) is 21.4 Å². The Morgan fingerprint density at radius 1 is 1.60 bits per heavy atom. The van der Waals surface area contributed by atoms with Gasteiger partial charge in [0.1, 0.15) is 11.6 Å². The number of rotatable bonds is 4. The van der Waals surface area contributed by atoms with Crippen LogP contribution in [-0.4, -0.2) is 18.2 Å². The second-order valence-corrected chi connectivity index (χ2v) is 3.34. The molecule has 0 bridgehead atoms. The highest BCUT2D eigenvalue weighted by Crippen LogP contribution is 2.28. The minimum Gasteiger partial charge on any atom is -0.496 e. The minimum atomic E-state index is -0.989. The second kappa shape index (κ2) is 4.98. The molecule has 0 aromatic heterocycles. The number of methoxy groups -OCH3 is 1. The van der Waals surface area contributed by atoms with Crippen molar-refractivity contribution in [3.05, 3.63) is 28.5 Å². The van der Waals surface area contributed by atoms with Gasteiger partial charge in [0.15, 0.2) is 0 Å². The minimum absolute atomic E-state index is 0.0313. The fourth-order valence-corrected chi connectivity index (χ4v) is 1.41. The molecule has 5 heteroatoms. The molecule has 1 rings (SSSR count). The van der Waals surface area contributed by atoms with E-state index in [1.165, 1.54) is 19.2 Å². The molecule has 0 saturated heterocycles. The van der Waals surface area contributed by atoms with Gasteiger partial charge in [0.25, 0.3) is 0 Å². The van der Waals surface area contributed by atoms with E-state index < -0.39 is 11.8 Å². The monoisotopic (exact) mass is 232 g/mol. The first kappa shape index (κ1) is 11.8. The first-order chi connectivity index (χ1) is 7.06. The summed E-state index contributed by atoms with van der Waals surface area (Å²) >= 11 is 5.58. The van der Waals surface area contributed by atoms with E-state index in [0.717, 1.165) is 0 Å². The van der Waals surface area contributed by atoms with Crippen LogP contribution in [0, 0.1) is 5.82 Å². The van der Waals surface area contributed by atoms with Crippen LogP contribution in [0.4, 0.5) is 4.39 Å². The maximum atomic E-state index is 13.5. The number of hydrogen-bond donors (Lipinski definition) is 1. The zero-order valence-corrected chi connectivity index (χ0v) is 8.84. The van der Waals surface area contributed by atoms with Crippen LogP contribution < -0.4 is 4.74 Å². The molecule has 0 heterocycles. The molecule has 82 valence electrons. The van der Waals surface area contributed by atoms with Crippen molar-refractivity contribution in [2.75, 3.05) is 7.11 Å². The van der Waals surface area contributed by atoms with Crippen LogP contribution in [-0.2, 0) is 11.2 Å². The Hall–Kier alpha value is -1.29.